The molecule has 1 rings (SSSR count). The molecular weight excluding hydrogens is 219 g/mol. The quantitative estimate of drug-likeness (QED) is 0.779. The van der Waals surface area contributed by atoms with E-state index in [9.17, 15) is 18.0 Å². The number of ketones is 1. The smallest absolute Gasteiger partial charge is 0.298 e. The highest BCUT2D eigenvalue weighted by atomic mass is 19.4. The molecule has 0 aliphatic carbocycles. The summed E-state index contributed by atoms with van der Waals surface area (Å²) >= 11 is 0. The van der Waals surface area contributed by atoms with Gasteiger partial charge in [-0.3, -0.25) is 4.79 Å². The molecule has 0 aliphatic rings. The van der Waals surface area contributed by atoms with E-state index in [2.05, 4.69) is 0 Å². The van der Waals surface area contributed by atoms with Gasteiger partial charge < -0.3 is 0 Å². The van der Waals surface area contributed by atoms with Gasteiger partial charge in [-0.15, -0.1) is 0 Å². The summed E-state index contributed by atoms with van der Waals surface area (Å²) in [5.41, 5.74) is -0.514. The number of alkyl halides is 3. The van der Waals surface area contributed by atoms with E-state index in [1.807, 2.05) is 0 Å². The van der Waals surface area contributed by atoms with Gasteiger partial charge in [0.15, 0.2) is 5.78 Å². The minimum Gasteiger partial charge on any atom is -0.298 e. The summed E-state index contributed by atoms with van der Waals surface area (Å²) in [5.74, 6) is -1.38. The Morgan fingerprint density at radius 1 is 1.31 bits per heavy atom. The molecule has 1 aromatic rings. The molecule has 0 saturated carbocycles. The summed E-state index contributed by atoms with van der Waals surface area (Å²) in [6, 6.07) is 5.77. The largest absolute Gasteiger partial charge is 0.416 e. The van der Waals surface area contributed by atoms with Crippen LogP contribution in [0.1, 0.15) is 24.0 Å². The van der Waals surface area contributed by atoms with Crippen LogP contribution in [0.2, 0.25) is 0 Å². The van der Waals surface area contributed by atoms with E-state index in [0.29, 0.717) is 0 Å². The monoisotopic (exact) mass is 227 g/mol. The molecule has 0 spiro atoms. The molecule has 0 fully saturated rings. The number of benzene rings is 1. The summed E-state index contributed by atoms with van der Waals surface area (Å²) in [5, 5.41) is 8.69. The van der Waals surface area contributed by atoms with E-state index in [4.69, 9.17) is 5.26 Å². The van der Waals surface area contributed by atoms with Crippen molar-refractivity contribution >= 4 is 5.78 Å². The molecule has 0 aromatic heterocycles. The lowest BCUT2D eigenvalue weighted by molar-refractivity contribution is -0.137. The van der Waals surface area contributed by atoms with Crippen molar-refractivity contribution in [2.24, 2.45) is 0 Å². The average molecular weight is 227 g/mol. The van der Waals surface area contributed by atoms with E-state index >= 15 is 0 Å². The van der Waals surface area contributed by atoms with Crippen LogP contribution in [0.4, 0.5) is 13.2 Å². The molecule has 0 heterocycles. The Hall–Kier alpha value is -1.83. The average Bonchev–Trinajstić information content (AvgIpc) is 2.17. The highest BCUT2D eigenvalue weighted by Gasteiger charge is 2.30. The zero-order valence-electron chi connectivity index (χ0n) is 8.38. The van der Waals surface area contributed by atoms with Crippen LogP contribution in [0.15, 0.2) is 24.3 Å². The summed E-state index contributed by atoms with van der Waals surface area (Å²) in [6.45, 7) is 1.23. The number of Topliss-reactive ketones (excluding diaryl/α,β-unsaturated/α-hetero) is 1. The van der Waals surface area contributed by atoms with Crippen molar-refractivity contribution in [1.29, 1.82) is 5.26 Å². The minimum atomic E-state index is -4.41. The molecular formula is C11H8F3NO. The molecule has 0 amide bonds. The molecule has 84 valence electrons. The maximum absolute atomic E-state index is 12.2. The van der Waals surface area contributed by atoms with E-state index in [1.165, 1.54) is 6.92 Å². The molecule has 2 nitrogen and oxygen atoms in total. The fourth-order valence-electron chi connectivity index (χ4n) is 1.26. The lowest BCUT2D eigenvalue weighted by atomic mass is 9.96. The fourth-order valence-corrected chi connectivity index (χ4v) is 1.26. The second-order valence-electron chi connectivity index (χ2n) is 3.29. The van der Waals surface area contributed by atoms with Crippen LogP contribution in [0.3, 0.4) is 0 Å². The number of nitriles is 1. The van der Waals surface area contributed by atoms with Gasteiger partial charge in [0.25, 0.3) is 0 Å². The van der Waals surface area contributed by atoms with Crippen molar-refractivity contribution in [3.63, 3.8) is 0 Å². The molecule has 1 atom stereocenters. The number of nitrogens with zero attached hydrogens (tertiary/aromatic N) is 1. The highest BCUT2D eigenvalue weighted by molar-refractivity contribution is 5.86. The SMILES string of the molecule is CC(=O)[C@H](C#N)c1ccc(C(F)(F)F)cc1. The van der Waals surface area contributed by atoms with E-state index in [0.717, 1.165) is 24.3 Å². The van der Waals surface area contributed by atoms with E-state index < -0.39 is 17.7 Å². The molecule has 0 unspecified atom stereocenters. The first kappa shape index (κ1) is 12.2. The van der Waals surface area contributed by atoms with Crippen LogP contribution in [0.5, 0.6) is 0 Å². The van der Waals surface area contributed by atoms with E-state index in [-0.39, 0.29) is 11.3 Å². The number of halogens is 3. The van der Waals surface area contributed by atoms with Crippen molar-refractivity contribution in [2.45, 2.75) is 19.0 Å². The first-order valence-electron chi connectivity index (χ1n) is 4.43. The summed E-state index contributed by atoms with van der Waals surface area (Å²) in [4.78, 5) is 11.0. The second kappa shape index (κ2) is 4.35. The lowest BCUT2D eigenvalue weighted by Gasteiger charge is -2.09. The maximum atomic E-state index is 12.2. The van der Waals surface area contributed by atoms with Crippen LogP contribution in [-0.4, -0.2) is 5.78 Å². The molecule has 0 N–H and O–H groups in total. The van der Waals surface area contributed by atoms with Gasteiger partial charge in [0.05, 0.1) is 11.6 Å². The molecule has 0 aliphatic heterocycles. The van der Waals surface area contributed by atoms with Crippen molar-refractivity contribution < 1.29 is 18.0 Å². The number of rotatable bonds is 2. The van der Waals surface area contributed by atoms with Gasteiger partial charge in [-0.05, 0) is 24.6 Å². The maximum Gasteiger partial charge on any atom is 0.416 e. The van der Waals surface area contributed by atoms with Gasteiger partial charge in [-0.2, -0.15) is 18.4 Å². The topological polar surface area (TPSA) is 40.9 Å². The molecule has 16 heavy (non-hydrogen) atoms. The number of hydrogen-bond donors (Lipinski definition) is 0. The first-order valence-corrected chi connectivity index (χ1v) is 4.43. The third-order valence-corrected chi connectivity index (χ3v) is 2.11. The number of carbonyl (C=O) groups is 1. The minimum absolute atomic E-state index is 0.281. The van der Waals surface area contributed by atoms with Gasteiger partial charge in [0.1, 0.15) is 5.92 Å². The zero-order valence-corrected chi connectivity index (χ0v) is 8.38. The van der Waals surface area contributed by atoms with Gasteiger partial charge in [-0.25, -0.2) is 0 Å². The Morgan fingerprint density at radius 3 is 2.12 bits per heavy atom. The lowest BCUT2D eigenvalue weighted by Crippen LogP contribution is -2.08. The van der Waals surface area contributed by atoms with Crippen LogP contribution in [0, 0.1) is 11.3 Å². The van der Waals surface area contributed by atoms with Crippen LogP contribution in [0.25, 0.3) is 0 Å². The van der Waals surface area contributed by atoms with Crippen LogP contribution < -0.4 is 0 Å². The van der Waals surface area contributed by atoms with Crippen molar-refractivity contribution in [3.8, 4) is 6.07 Å². The van der Waals surface area contributed by atoms with Crippen LogP contribution in [-0.2, 0) is 11.0 Å². The predicted octanol–water partition coefficient (Wildman–Crippen LogP) is 2.90. The second-order valence-corrected chi connectivity index (χ2v) is 3.29. The molecule has 0 radical (unpaired) electrons. The molecule has 5 heteroatoms. The van der Waals surface area contributed by atoms with Crippen molar-refractivity contribution in [3.05, 3.63) is 35.4 Å². The van der Waals surface area contributed by atoms with Gasteiger partial charge >= 0.3 is 6.18 Å². The Bertz CT molecular complexity index is 428. The van der Waals surface area contributed by atoms with Crippen molar-refractivity contribution in [2.75, 3.05) is 0 Å². The molecule has 0 saturated heterocycles. The Labute approximate surface area is 90.3 Å². The first-order chi connectivity index (χ1) is 7.36. The highest BCUT2D eigenvalue weighted by Crippen LogP contribution is 2.30. The normalized spacial score (nSPS) is 12.9. The molecule has 1 aromatic carbocycles. The fraction of sp³-hybridized carbons (Fsp3) is 0.273. The Morgan fingerprint density at radius 2 is 1.81 bits per heavy atom. The van der Waals surface area contributed by atoms with Gasteiger partial charge in [-0.1, -0.05) is 12.1 Å². The summed E-state index contributed by atoms with van der Waals surface area (Å²) in [6.07, 6.45) is -4.41. The Balaban J connectivity index is 3.04. The van der Waals surface area contributed by atoms with Crippen molar-refractivity contribution in [1.82, 2.24) is 0 Å². The zero-order chi connectivity index (χ0) is 12.3. The molecule has 0 bridgehead atoms. The standard InChI is InChI=1S/C11H8F3NO/c1-7(16)10(6-15)8-2-4-9(5-3-8)11(12,13)14/h2-5,10H,1H3/t10-/m0/s1. The third-order valence-electron chi connectivity index (χ3n) is 2.11. The third kappa shape index (κ3) is 2.60. The summed E-state index contributed by atoms with van der Waals surface area (Å²) < 4.78 is 36.7. The van der Waals surface area contributed by atoms with Gasteiger partial charge in [0, 0.05) is 0 Å². The van der Waals surface area contributed by atoms with Crippen LogP contribution >= 0.6 is 0 Å². The number of hydrogen-bond acceptors (Lipinski definition) is 2. The van der Waals surface area contributed by atoms with Gasteiger partial charge in [0.2, 0.25) is 0 Å². The van der Waals surface area contributed by atoms with E-state index in [1.54, 1.807) is 6.07 Å². The predicted molar refractivity (Wildman–Crippen MR) is 50.5 cm³/mol. The summed E-state index contributed by atoms with van der Waals surface area (Å²) in [7, 11) is 0. The Kier molecular flexibility index (Phi) is 3.33. The number of carbonyl (C=O) groups excluding carboxylic acids is 1.